The minimum absolute atomic E-state index is 0.686. The van der Waals surface area contributed by atoms with Gasteiger partial charge >= 0.3 is 0 Å². The fourth-order valence-electron chi connectivity index (χ4n) is 2.13. The van der Waals surface area contributed by atoms with Gasteiger partial charge in [-0.05, 0) is 42.7 Å². The number of hydrogen-bond acceptors (Lipinski definition) is 2. The van der Waals surface area contributed by atoms with Gasteiger partial charge < -0.3 is 5.32 Å². The van der Waals surface area contributed by atoms with E-state index in [0.717, 1.165) is 29.8 Å². The number of para-hydroxylation sites is 1. The van der Waals surface area contributed by atoms with Crippen LogP contribution in [0, 0.1) is 18.3 Å². The van der Waals surface area contributed by atoms with Crippen LogP contribution in [0.4, 0.5) is 11.4 Å². The quantitative estimate of drug-likeness (QED) is 0.863. The number of anilines is 2. The number of benzene rings is 2. The molecule has 0 atom stereocenters. The first-order valence-electron chi connectivity index (χ1n) is 6.60. The number of hydrogen-bond donors (Lipinski definition) is 1. The predicted molar refractivity (Wildman–Crippen MR) is 79.6 cm³/mol. The Bertz CT molecular complexity index is 609. The summed E-state index contributed by atoms with van der Waals surface area (Å²) in [6.45, 7) is 4.17. The Labute approximate surface area is 114 Å². The number of rotatable bonds is 4. The van der Waals surface area contributed by atoms with Gasteiger partial charge in [0.2, 0.25) is 0 Å². The molecule has 0 aromatic heterocycles. The number of nitrogens with one attached hydrogen (secondary N) is 1. The zero-order valence-corrected chi connectivity index (χ0v) is 11.4. The molecule has 19 heavy (non-hydrogen) atoms. The Balaban J connectivity index is 2.34. The average Bonchev–Trinajstić information content (AvgIpc) is 2.43. The predicted octanol–water partition coefficient (Wildman–Crippen LogP) is 4.56. The molecule has 2 aromatic carbocycles. The largest absolute Gasteiger partial charge is 0.354 e. The molecule has 0 saturated heterocycles. The molecule has 0 saturated carbocycles. The van der Waals surface area contributed by atoms with Crippen molar-refractivity contribution in [3.05, 3.63) is 59.2 Å². The highest BCUT2D eigenvalue weighted by atomic mass is 14.9. The number of nitrogens with zero attached hydrogens (tertiary/aromatic N) is 1. The minimum Gasteiger partial charge on any atom is -0.354 e. The van der Waals surface area contributed by atoms with Crippen LogP contribution in [0.25, 0.3) is 0 Å². The summed E-state index contributed by atoms with van der Waals surface area (Å²) in [6, 6.07) is 16.4. The van der Waals surface area contributed by atoms with Crippen LogP contribution >= 0.6 is 0 Å². The summed E-state index contributed by atoms with van der Waals surface area (Å²) in [5, 5.41) is 12.6. The lowest BCUT2D eigenvalue weighted by Crippen LogP contribution is -1.98. The van der Waals surface area contributed by atoms with Crippen molar-refractivity contribution in [3.63, 3.8) is 0 Å². The van der Waals surface area contributed by atoms with Crippen molar-refractivity contribution in [2.75, 3.05) is 5.32 Å². The Morgan fingerprint density at radius 3 is 2.63 bits per heavy atom. The van der Waals surface area contributed by atoms with E-state index in [0.29, 0.717) is 5.56 Å². The second-order valence-corrected chi connectivity index (χ2v) is 4.69. The normalized spacial score (nSPS) is 9.95. The van der Waals surface area contributed by atoms with Crippen molar-refractivity contribution >= 4 is 11.4 Å². The van der Waals surface area contributed by atoms with Crippen molar-refractivity contribution in [1.82, 2.24) is 0 Å². The topological polar surface area (TPSA) is 35.8 Å². The second-order valence-electron chi connectivity index (χ2n) is 4.69. The third-order valence-corrected chi connectivity index (χ3v) is 3.10. The average molecular weight is 250 g/mol. The highest BCUT2D eigenvalue weighted by molar-refractivity contribution is 5.69. The molecule has 96 valence electrons. The van der Waals surface area contributed by atoms with Gasteiger partial charge in [-0.25, -0.2) is 0 Å². The molecule has 2 rings (SSSR count). The van der Waals surface area contributed by atoms with E-state index in [1.165, 1.54) is 5.56 Å². The molecule has 0 aliphatic heterocycles. The lowest BCUT2D eigenvalue weighted by molar-refractivity contribution is 0.923. The van der Waals surface area contributed by atoms with Crippen LogP contribution in [0.1, 0.15) is 30.0 Å². The van der Waals surface area contributed by atoms with Crippen molar-refractivity contribution in [2.45, 2.75) is 26.7 Å². The van der Waals surface area contributed by atoms with Gasteiger partial charge in [-0.1, -0.05) is 37.6 Å². The third-order valence-electron chi connectivity index (χ3n) is 3.10. The molecule has 0 aliphatic carbocycles. The molecule has 0 radical (unpaired) electrons. The van der Waals surface area contributed by atoms with Crippen LogP contribution in [0.5, 0.6) is 0 Å². The Kier molecular flexibility index (Phi) is 4.20. The third kappa shape index (κ3) is 3.14. The van der Waals surface area contributed by atoms with Crippen LogP contribution in [0.3, 0.4) is 0 Å². The maximum absolute atomic E-state index is 9.20. The van der Waals surface area contributed by atoms with E-state index in [1.807, 2.05) is 31.2 Å². The van der Waals surface area contributed by atoms with Gasteiger partial charge in [-0.3, -0.25) is 0 Å². The second kappa shape index (κ2) is 6.06. The lowest BCUT2D eigenvalue weighted by Gasteiger charge is -2.13. The summed E-state index contributed by atoms with van der Waals surface area (Å²) in [6.07, 6.45) is 2.15. The minimum atomic E-state index is 0.686. The van der Waals surface area contributed by atoms with Crippen LogP contribution in [0.15, 0.2) is 42.5 Å². The highest BCUT2D eigenvalue weighted by Gasteiger charge is 2.05. The fourth-order valence-corrected chi connectivity index (χ4v) is 2.13. The molecule has 2 heteroatoms. The van der Waals surface area contributed by atoms with E-state index in [9.17, 15) is 5.26 Å². The van der Waals surface area contributed by atoms with Crippen molar-refractivity contribution in [1.29, 1.82) is 5.26 Å². The van der Waals surface area contributed by atoms with E-state index in [-0.39, 0.29) is 0 Å². The molecule has 2 nitrogen and oxygen atoms in total. The van der Waals surface area contributed by atoms with Gasteiger partial charge in [0.25, 0.3) is 0 Å². The first-order chi connectivity index (χ1) is 9.24. The highest BCUT2D eigenvalue weighted by Crippen LogP contribution is 2.25. The van der Waals surface area contributed by atoms with E-state index in [4.69, 9.17) is 0 Å². The Morgan fingerprint density at radius 2 is 1.89 bits per heavy atom. The standard InChI is InChI=1S/C17H18N2/c1-3-6-14-7-4-5-8-16(14)19-17-10-9-13(2)11-15(17)12-18/h4-5,7-11,19H,3,6H2,1-2H3. The van der Waals surface area contributed by atoms with Crippen LogP contribution in [-0.2, 0) is 6.42 Å². The van der Waals surface area contributed by atoms with E-state index < -0.39 is 0 Å². The molecule has 1 N–H and O–H groups in total. The zero-order chi connectivity index (χ0) is 13.7. The first kappa shape index (κ1) is 13.2. The fraction of sp³-hybridized carbons (Fsp3) is 0.235. The van der Waals surface area contributed by atoms with Crippen molar-refractivity contribution < 1.29 is 0 Å². The zero-order valence-electron chi connectivity index (χ0n) is 11.4. The molecule has 0 unspecified atom stereocenters. The number of nitriles is 1. The van der Waals surface area contributed by atoms with Gasteiger partial charge in [0, 0.05) is 5.69 Å². The molecule has 0 amide bonds. The van der Waals surface area contributed by atoms with Crippen molar-refractivity contribution in [3.8, 4) is 6.07 Å². The summed E-state index contributed by atoms with van der Waals surface area (Å²) in [7, 11) is 0. The Morgan fingerprint density at radius 1 is 1.11 bits per heavy atom. The summed E-state index contributed by atoms with van der Waals surface area (Å²) in [4.78, 5) is 0. The first-order valence-corrected chi connectivity index (χ1v) is 6.60. The summed E-state index contributed by atoms with van der Waals surface area (Å²) in [5.74, 6) is 0. The Hall–Kier alpha value is -2.27. The van der Waals surface area contributed by atoms with Gasteiger partial charge in [-0.2, -0.15) is 5.26 Å². The maximum atomic E-state index is 9.20. The molecular formula is C17H18N2. The molecule has 2 aromatic rings. The molecule has 0 aliphatic rings. The lowest BCUT2D eigenvalue weighted by atomic mass is 10.1. The van der Waals surface area contributed by atoms with Gasteiger partial charge in [0.15, 0.2) is 0 Å². The summed E-state index contributed by atoms with van der Waals surface area (Å²) >= 11 is 0. The molecular weight excluding hydrogens is 232 g/mol. The van der Waals surface area contributed by atoms with Crippen LogP contribution in [-0.4, -0.2) is 0 Å². The van der Waals surface area contributed by atoms with E-state index >= 15 is 0 Å². The van der Waals surface area contributed by atoms with Crippen LogP contribution < -0.4 is 5.32 Å². The molecule has 0 fully saturated rings. The smallest absolute Gasteiger partial charge is 0.101 e. The van der Waals surface area contributed by atoms with E-state index in [2.05, 4.69) is 36.5 Å². The molecule has 0 bridgehead atoms. The monoisotopic (exact) mass is 250 g/mol. The molecule has 0 spiro atoms. The van der Waals surface area contributed by atoms with Gasteiger partial charge in [0.1, 0.15) is 6.07 Å². The SMILES string of the molecule is CCCc1ccccc1Nc1ccc(C)cc1C#N. The summed E-state index contributed by atoms with van der Waals surface area (Å²) < 4.78 is 0. The van der Waals surface area contributed by atoms with Crippen molar-refractivity contribution in [2.24, 2.45) is 0 Å². The van der Waals surface area contributed by atoms with Gasteiger partial charge in [-0.15, -0.1) is 0 Å². The maximum Gasteiger partial charge on any atom is 0.101 e. The van der Waals surface area contributed by atoms with Gasteiger partial charge in [0.05, 0.1) is 11.3 Å². The molecule has 0 heterocycles. The van der Waals surface area contributed by atoms with E-state index in [1.54, 1.807) is 0 Å². The number of aryl methyl sites for hydroxylation is 2. The van der Waals surface area contributed by atoms with Crippen LogP contribution in [0.2, 0.25) is 0 Å². The summed E-state index contributed by atoms with van der Waals surface area (Å²) in [5.41, 5.74) is 5.03.